The number of aromatic nitrogens is 3. The van der Waals surface area contributed by atoms with Gasteiger partial charge in [-0.05, 0) is 45.0 Å². The maximum absolute atomic E-state index is 13.0. The molecule has 4 aromatic rings. The van der Waals surface area contributed by atoms with Gasteiger partial charge in [0.15, 0.2) is 10.9 Å². The molecule has 0 bridgehead atoms. The molecule has 0 spiro atoms. The molecule has 148 valence electrons. The van der Waals surface area contributed by atoms with Crippen LogP contribution < -0.4 is 5.56 Å². The lowest BCUT2D eigenvalue weighted by molar-refractivity contribution is 0.102. The molecule has 2 aromatic carbocycles. The maximum atomic E-state index is 13.0. The molecule has 0 atom stereocenters. The highest BCUT2D eigenvalue weighted by molar-refractivity contribution is 7.99. The van der Waals surface area contributed by atoms with Crippen LogP contribution in [-0.2, 0) is 0 Å². The lowest BCUT2D eigenvalue weighted by atomic mass is 10.1. The number of nitrogens with zero attached hydrogens (tertiary/aromatic N) is 2. The Morgan fingerprint density at radius 3 is 2.72 bits per heavy atom. The van der Waals surface area contributed by atoms with Gasteiger partial charge in [-0.1, -0.05) is 41.6 Å². The van der Waals surface area contributed by atoms with Crippen LogP contribution in [0.2, 0.25) is 5.02 Å². The van der Waals surface area contributed by atoms with Gasteiger partial charge in [0.2, 0.25) is 0 Å². The van der Waals surface area contributed by atoms with E-state index in [4.69, 9.17) is 11.6 Å². The van der Waals surface area contributed by atoms with Crippen LogP contribution in [0.4, 0.5) is 0 Å². The number of ketones is 1. The number of hydrogen-bond donors (Lipinski definition) is 1. The van der Waals surface area contributed by atoms with E-state index >= 15 is 0 Å². The Morgan fingerprint density at radius 1 is 1.21 bits per heavy atom. The van der Waals surface area contributed by atoms with E-state index < -0.39 is 0 Å². The fourth-order valence-corrected chi connectivity index (χ4v) is 4.71. The largest absolute Gasteiger partial charge is 0.358 e. The summed E-state index contributed by atoms with van der Waals surface area (Å²) in [7, 11) is 0. The number of para-hydroxylation sites is 1. The molecule has 5 nitrogen and oxygen atoms in total. The van der Waals surface area contributed by atoms with Crippen molar-refractivity contribution in [3.63, 3.8) is 0 Å². The number of rotatable bonds is 5. The van der Waals surface area contributed by atoms with E-state index in [1.54, 1.807) is 22.8 Å². The molecule has 0 aliphatic rings. The van der Waals surface area contributed by atoms with Crippen molar-refractivity contribution in [3.8, 4) is 0 Å². The quantitative estimate of drug-likeness (QED) is 0.264. The number of aryl methyl sites for hydroxylation is 1. The second-order valence-corrected chi connectivity index (χ2v) is 8.59. The first kappa shape index (κ1) is 19.7. The van der Waals surface area contributed by atoms with Gasteiger partial charge in [0.05, 0.1) is 16.7 Å². The molecule has 7 heteroatoms. The van der Waals surface area contributed by atoms with Crippen LogP contribution in [0.3, 0.4) is 0 Å². The summed E-state index contributed by atoms with van der Waals surface area (Å²) in [5, 5.41) is 2.47. The third kappa shape index (κ3) is 3.58. The topological polar surface area (TPSA) is 67.8 Å². The van der Waals surface area contributed by atoms with Crippen molar-refractivity contribution >= 4 is 51.0 Å². The maximum Gasteiger partial charge on any atom is 0.262 e. The van der Waals surface area contributed by atoms with E-state index in [9.17, 15) is 9.59 Å². The highest BCUT2D eigenvalue weighted by Crippen LogP contribution is 2.27. The Balaban J connectivity index is 1.72. The highest BCUT2D eigenvalue weighted by Gasteiger charge is 2.19. The SMILES string of the molecule is Cc1[nH]c2ccccc2c1C(=O)CSc1nc2cc(Cl)ccc2c(=O)n1C(C)C. The molecule has 0 amide bonds. The van der Waals surface area contributed by atoms with Gasteiger partial charge in [-0.25, -0.2) is 4.98 Å². The van der Waals surface area contributed by atoms with Crippen molar-refractivity contribution in [2.45, 2.75) is 32.0 Å². The molecular formula is C22H20ClN3O2S. The molecule has 4 rings (SSSR count). The van der Waals surface area contributed by atoms with Crippen molar-refractivity contribution in [2.24, 2.45) is 0 Å². The van der Waals surface area contributed by atoms with Crippen LogP contribution in [-0.4, -0.2) is 26.1 Å². The summed E-state index contributed by atoms with van der Waals surface area (Å²) >= 11 is 7.36. The number of fused-ring (bicyclic) bond motifs is 2. The van der Waals surface area contributed by atoms with Crippen LogP contribution in [0.15, 0.2) is 52.4 Å². The van der Waals surface area contributed by atoms with Crippen LogP contribution in [0.25, 0.3) is 21.8 Å². The molecule has 0 aliphatic heterocycles. The molecule has 0 saturated carbocycles. The number of nitrogens with one attached hydrogen (secondary N) is 1. The lowest BCUT2D eigenvalue weighted by Crippen LogP contribution is -2.25. The highest BCUT2D eigenvalue weighted by atomic mass is 35.5. The predicted molar refractivity (Wildman–Crippen MR) is 119 cm³/mol. The standard InChI is InChI=1S/C22H20ClN3O2S/c1-12(2)26-21(28)16-9-8-14(23)10-18(16)25-22(26)29-11-19(27)20-13(3)24-17-7-5-4-6-15(17)20/h4-10,12,24H,11H2,1-3H3. The van der Waals surface area contributed by atoms with E-state index in [1.165, 1.54) is 11.8 Å². The normalized spacial score (nSPS) is 11.6. The molecule has 2 heterocycles. The monoisotopic (exact) mass is 425 g/mol. The van der Waals surface area contributed by atoms with Gasteiger partial charge in [-0.15, -0.1) is 0 Å². The molecule has 0 saturated heterocycles. The van der Waals surface area contributed by atoms with Crippen LogP contribution >= 0.6 is 23.4 Å². The van der Waals surface area contributed by atoms with Gasteiger partial charge in [0, 0.05) is 33.2 Å². The van der Waals surface area contributed by atoms with Crippen molar-refractivity contribution in [3.05, 3.63) is 69.1 Å². The summed E-state index contributed by atoms with van der Waals surface area (Å²) in [6.45, 7) is 5.76. The number of thioether (sulfide) groups is 1. The first-order valence-corrected chi connectivity index (χ1v) is 10.7. The van der Waals surface area contributed by atoms with Crippen molar-refractivity contribution in [1.82, 2.24) is 14.5 Å². The average Bonchev–Trinajstić information content (AvgIpc) is 3.01. The Bertz CT molecular complexity index is 1310. The summed E-state index contributed by atoms with van der Waals surface area (Å²) in [6.07, 6.45) is 0. The summed E-state index contributed by atoms with van der Waals surface area (Å²) in [4.78, 5) is 33.9. The Kier molecular flexibility index (Phi) is 5.23. The molecule has 2 aromatic heterocycles. The van der Waals surface area contributed by atoms with E-state index in [-0.39, 0.29) is 23.1 Å². The van der Waals surface area contributed by atoms with Gasteiger partial charge in [0.25, 0.3) is 5.56 Å². The summed E-state index contributed by atoms with van der Waals surface area (Å²) in [5.74, 6) is 0.189. The number of aromatic amines is 1. The third-order valence-electron chi connectivity index (χ3n) is 4.85. The molecule has 1 N–H and O–H groups in total. The molecule has 0 aliphatic carbocycles. The number of H-pyrrole nitrogens is 1. The minimum Gasteiger partial charge on any atom is -0.358 e. The second kappa shape index (κ2) is 7.69. The zero-order valence-electron chi connectivity index (χ0n) is 16.3. The number of benzene rings is 2. The van der Waals surface area contributed by atoms with E-state index in [2.05, 4.69) is 9.97 Å². The molecular weight excluding hydrogens is 406 g/mol. The summed E-state index contributed by atoms with van der Waals surface area (Å²) < 4.78 is 1.64. The first-order valence-electron chi connectivity index (χ1n) is 9.32. The Morgan fingerprint density at radius 2 is 1.97 bits per heavy atom. The Hall–Kier alpha value is -2.57. The van der Waals surface area contributed by atoms with Crippen LogP contribution in [0, 0.1) is 6.92 Å². The van der Waals surface area contributed by atoms with Crippen LogP contribution in [0.5, 0.6) is 0 Å². The number of hydrogen-bond acceptors (Lipinski definition) is 4. The molecule has 0 radical (unpaired) electrons. The zero-order chi connectivity index (χ0) is 20.7. The second-order valence-electron chi connectivity index (χ2n) is 7.21. The van der Waals surface area contributed by atoms with Gasteiger partial charge >= 0.3 is 0 Å². The van der Waals surface area contributed by atoms with Gasteiger partial charge < -0.3 is 4.98 Å². The van der Waals surface area contributed by atoms with Crippen molar-refractivity contribution < 1.29 is 4.79 Å². The number of Topliss-reactive ketones (excluding diaryl/α,β-unsaturated/α-hetero) is 1. The summed E-state index contributed by atoms with van der Waals surface area (Å²) in [5.41, 5.74) is 2.89. The molecule has 0 fully saturated rings. The van der Waals surface area contributed by atoms with Crippen molar-refractivity contribution in [2.75, 3.05) is 5.75 Å². The molecule has 0 unspecified atom stereocenters. The molecule has 29 heavy (non-hydrogen) atoms. The van der Waals surface area contributed by atoms with Crippen LogP contribution in [0.1, 0.15) is 35.9 Å². The third-order valence-corrected chi connectivity index (χ3v) is 6.04. The average molecular weight is 426 g/mol. The van der Waals surface area contributed by atoms with E-state index in [0.717, 1.165) is 16.6 Å². The number of carbonyl (C=O) groups excluding carboxylic acids is 1. The van der Waals surface area contributed by atoms with Gasteiger partial charge in [-0.2, -0.15) is 0 Å². The van der Waals surface area contributed by atoms with E-state index in [1.807, 2.05) is 45.0 Å². The number of carbonyl (C=O) groups is 1. The predicted octanol–water partition coefficient (Wildman–Crippen LogP) is 5.40. The minimum absolute atomic E-state index is 0.000645. The Labute approximate surface area is 177 Å². The van der Waals surface area contributed by atoms with E-state index in [0.29, 0.717) is 26.6 Å². The van der Waals surface area contributed by atoms with Gasteiger partial charge in [-0.3, -0.25) is 14.2 Å². The minimum atomic E-state index is -0.125. The smallest absolute Gasteiger partial charge is 0.262 e. The van der Waals surface area contributed by atoms with Crippen molar-refractivity contribution in [1.29, 1.82) is 0 Å². The first-order chi connectivity index (χ1) is 13.9. The number of halogens is 1. The fourth-order valence-electron chi connectivity index (χ4n) is 3.55. The van der Waals surface area contributed by atoms with Gasteiger partial charge in [0.1, 0.15) is 0 Å². The zero-order valence-corrected chi connectivity index (χ0v) is 17.9. The summed E-state index contributed by atoms with van der Waals surface area (Å²) in [6, 6.07) is 12.7. The fraction of sp³-hybridized carbons (Fsp3) is 0.227. The lowest BCUT2D eigenvalue weighted by Gasteiger charge is -2.16.